The predicted molar refractivity (Wildman–Crippen MR) is 87.5 cm³/mol. The van der Waals surface area contributed by atoms with Crippen molar-refractivity contribution >= 4 is 0 Å². The van der Waals surface area contributed by atoms with Gasteiger partial charge in [0.15, 0.2) is 0 Å². The molecule has 2 nitrogen and oxygen atoms in total. The van der Waals surface area contributed by atoms with E-state index in [2.05, 4.69) is 6.92 Å². The zero-order valence-corrected chi connectivity index (χ0v) is 13.7. The summed E-state index contributed by atoms with van der Waals surface area (Å²) in [6.45, 7) is 6.32. The molecule has 0 amide bonds. The van der Waals surface area contributed by atoms with Gasteiger partial charge >= 0.3 is 0 Å². The van der Waals surface area contributed by atoms with Crippen LogP contribution in [0.15, 0.2) is 24.3 Å². The van der Waals surface area contributed by atoms with Crippen LogP contribution in [0.5, 0.6) is 5.75 Å². The van der Waals surface area contributed by atoms with E-state index in [9.17, 15) is 5.11 Å². The van der Waals surface area contributed by atoms with Crippen LogP contribution in [-0.4, -0.2) is 11.2 Å². The number of benzene rings is 1. The molecule has 0 radical (unpaired) electrons. The highest BCUT2D eigenvalue weighted by atomic mass is 16.5. The predicted octanol–water partition coefficient (Wildman–Crippen LogP) is 5.11. The first-order valence-corrected chi connectivity index (χ1v) is 8.55. The summed E-state index contributed by atoms with van der Waals surface area (Å²) in [6.07, 6.45) is 7.19. The Kier molecular flexibility index (Phi) is 6.10. The first-order chi connectivity index (χ1) is 10.1. The van der Waals surface area contributed by atoms with Crippen LogP contribution in [-0.2, 0) is 0 Å². The quantitative estimate of drug-likeness (QED) is 0.788. The lowest BCUT2D eigenvalue weighted by atomic mass is 9.76. The van der Waals surface area contributed by atoms with Crippen LogP contribution in [0.3, 0.4) is 0 Å². The first kappa shape index (κ1) is 16.4. The summed E-state index contributed by atoms with van der Waals surface area (Å²) in [4.78, 5) is 0. The normalized spacial score (nSPS) is 24.0. The fourth-order valence-electron chi connectivity index (χ4n) is 3.54. The van der Waals surface area contributed by atoms with Crippen molar-refractivity contribution in [1.29, 1.82) is 0 Å². The van der Waals surface area contributed by atoms with E-state index in [-0.39, 0.29) is 12.2 Å². The largest absolute Gasteiger partial charge is 0.491 e. The third kappa shape index (κ3) is 4.47. The summed E-state index contributed by atoms with van der Waals surface area (Å²) in [7, 11) is 0. The Bertz CT molecular complexity index is 419. The minimum absolute atomic E-state index is 0.138. The number of aliphatic hydroxyl groups excluding tert-OH is 1. The van der Waals surface area contributed by atoms with E-state index in [4.69, 9.17) is 4.74 Å². The van der Waals surface area contributed by atoms with E-state index in [1.165, 1.54) is 25.7 Å². The Balaban J connectivity index is 2.02. The molecule has 0 bridgehead atoms. The lowest BCUT2D eigenvalue weighted by Gasteiger charge is -2.32. The smallest absolute Gasteiger partial charge is 0.125 e. The topological polar surface area (TPSA) is 29.5 Å². The zero-order chi connectivity index (χ0) is 15.2. The van der Waals surface area contributed by atoms with Gasteiger partial charge in [-0.05, 0) is 44.6 Å². The number of aliphatic hydroxyl groups is 1. The standard InChI is InChI=1S/C19H30O2/c1-4-7-15-10-12-16(13-11-15)19(20)17-8-5-6-9-18(17)21-14(2)3/h5-6,8-9,14-16,19-20H,4,7,10-13H2,1-3H3. The fraction of sp³-hybridized carbons (Fsp3) is 0.684. The summed E-state index contributed by atoms with van der Waals surface area (Å²) in [5.74, 6) is 2.10. The molecule has 118 valence electrons. The third-order valence-electron chi connectivity index (χ3n) is 4.64. The molecule has 2 rings (SSSR count). The molecule has 0 saturated heterocycles. The molecule has 2 heteroatoms. The van der Waals surface area contributed by atoms with Gasteiger partial charge in [-0.1, -0.05) is 50.8 Å². The van der Waals surface area contributed by atoms with Crippen molar-refractivity contribution in [3.63, 3.8) is 0 Å². The van der Waals surface area contributed by atoms with Gasteiger partial charge in [-0.2, -0.15) is 0 Å². The summed E-state index contributed by atoms with van der Waals surface area (Å²) in [6, 6.07) is 7.96. The molecule has 1 fully saturated rings. The van der Waals surface area contributed by atoms with Crippen LogP contribution in [0.4, 0.5) is 0 Å². The average Bonchev–Trinajstić information content (AvgIpc) is 2.48. The lowest BCUT2D eigenvalue weighted by Crippen LogP contribution is -2.21. The van der Waals surface area contributed by atoms with Crippen LogP contribution in [0.25, 0.3) is 0 Å². The molecule has 1 aliphatic rings. The molecule has 1 atom stereocenters. The van der Waals surface area contributed by atoms with Gasteiger partial charge in [-0.25, -0.2) is 0 Å². The molecular formula is C19H30O2. The van der Waals surface area contributed by atoms with E-state index in [1.54, 1.807) is 0 Å². The van der Waals surface area contributed by atoms with E-state index < -0.39 is 0 Å². The number of hydrogen-bond donors (Lipinski definition) is 1. The molecule has 1 aromatic carbocycles. The molecule has 0 aliphatic heterocycles. The van der Waals surface area contributed by atoms with Gasteiger partial charge in [0.1, 0.15) is 5.75 Å². The van der Waals surface area contributed by atoms with Gasteiger partial charge in [0.25, 0.3) is 0 Å². The first-order valence-electron chi connectivity index (χ1n) is 8.55. The molecule has 21 heavy (non-hydrogen) atoms. The van der Waals surface area contributed by atoms with Crippen LogP contribution in [0.1, 0.15) is 71.0 Å². The molecule has 0 spiro atoms. The van der Waals surface area contributed by atoms with Gasteiger partial charge in [0.2, 0.25) is 0 Å². The summed E-state index contributed by atoms with van der Waals surface area (Å²) in [5.41, 5.74) is 0.963. The summed E-state index contributed by atoms with van der Waals surface area (Å²) < 4.78 is 5.86. The summed E-state index contributed by atoms with van der Waals surface area (Å²) in [5, 5.41) is 10.8. The van der Waals surface area contributed by atoms with Crippen molar-refractivity contribution in [3.05, 3.63) is 29.8 Å². The van der Waals surface area contributed by atoms with Gasteiger partial charge in [0, 0.05) is 5.56 Å². The number of rotatable bonds is 6. The Hall–Kier alpha value is -1.02. The van der Waals surface area contributed by atoms with E-state index in [0.717, 1.165) is 30.1 Å². The Labute approximate surface area is 129 Å². The minimum atomic E-state index is -0.387. The number of ether oxygens (including phenoxy) is 1. The minimum Gasteiger partial charge on any atom is -0.491 e. The third-order valence-corrected chi connectivity index (χ3v) is 4.64. The Morgan fingerprint density at radius 2 is 1.81 bits per heavy atom. The van der Waals surface area contributed by atoms with Crippen LogP contribution in [0.2, 0.25) is 0 Å². The Morgan fingerprint density at radius 1 is 1.14 bits per heavy atom. The second kappa shape index (κ2) is 7.84. The molecule has 0 aromatic heterocycles. The maximum Gasteiger partial charge on any atom is 0.125 e. The van der Waals surface area contributed by atoms with Crippen molar-refractivity contribution in [2.24, 2.45) is 11.8 Å². The maximum atomic E-state index is 10.8. The van der Waals surface area contributed by atoms with Crippen molar-refractivity contribution in [2.45, 2.75) is 71.5 Å². The van der Waals surface area contributed by atoms with Crippen molar-refractivity contribution in [1.82, 2.24) is 0 Å². The van der Waals surface area contributed by atoms with Crippen LogP contribution >= 0.6 is 0 Å². The number of para-hydroxylation sites is 1. The zero-order valence-electron chi connectivity index (χ0n) is 13.7. The fourth-order valence-corrected chi connectivity index (χ4v) is 3.54. The maximum absolute atomic E-state index is 10.8. The van der Waals surface area contributed by atoms with Gasteiger partial charge < -0.3 is 9.84 Å². The molecule has 1 N–H and O–H groups in total. The lowest BCUT2D eigenvalue weighted by molar-refractivity contribution is 0.0685. The molecular weight excluding hydrogens is 260 g/mol. The van der Waals surface area contributed by atoms with Gasteiger partial charge in [-0.3, -0.25) is 0 Å². The van der Waals surface area contributed by atoms with Crippen molar-refractivity contribution in [2.75, 3.05) is 0 Å². The highest BCUT2D eigenvalue weighted by Crippen LogP contribution is 2.40. The highest BCUT2D eigenvalue weighted by Gasteiger charge is 2.28. The van der Waals surface area contributed by atoms with Crippen molar-refractivity contribution < 1.29 is 9.84 Å². The SMILES string of the molecule is CCCC1CCC(C(O)c2ccccc2OC(C)C)CC1. The van der Waals surface area contributed by atoms with Crippen molar-refractivity contribution in [3.8, 4) is 5.75 Å². The monoisotopic (exact) mass is 290 g/mol. The van der Waals surface area contributed by atoms with Crippen LogP contribution < -0.4 is 4.74 Å². The second-order valence-electron chi connectivity index (χ2n) is 6.72. The second-order valence-corrected chi connectivity index (χ2v) is 6.72. The molecule has 1 aliphatic carbocycles. The molecule has 1 aromatic rings. The number of hydrogen-bond acceptors (Lipinski definition) is 2. The molecule has 1 saturated carbocycles. The van der Waals surface area contributed by atoms with Gasteiger partial charge in [0.05, 0.1) is 12.2 Å². The summed E-state index contributed by atoms with van der Waals surface area (Å²) >= 11 is 0. The molecule has 0 heterocycles. The van der Waals surface area contributed by atoms with E-state index in [1.807, 2.05) is 38.1 Å². The van der Waals surface area contributed by atoms with E-state index in [0.29, 0.717) is 5.92 Å². The van der Waals surface area contributed by atoms with Gasteiger partial charge in [-0.15, -0.1) is 0 Å². The highest BCUT2D eigenvalue weighted by molar-refractivity contribution is 5.35. The average molecular weight is 290 g/mol. The van der Waals surface area contributed by atoms with E-state index >= 15 is 0 Å². The Morgan fingerprint density at radius 3 is 2.43 bits per heavy atom. The van der Waals surface area contributed by atoms with Crippen LogP contribution in [0, 0.1) is 11.8 Å². The molecule has 1 unspecified atom stereocenters.